The maximum Gasteiger partial charge on any atom is 0.252 e. The lowest BCUT2D eigenvalue weighted by atomic mass is 9.33. The lowest BCUT2D eigenvalue weighted by Crippen LogP contribution is -2.61. The molecule has 2 atom stereocenters. The van der Waals surface area contributed by atoms with Gasteiger partial charge in [-0.15, -0.1) is 0 Å². The van der Waals surface area contributed by atoms with Crippen molar-refractivity contribution in [1.29, 1.82) is 0 Å². The molecular weight excluding hydrogens is 942 g/mol. The van der Waals surface area contributed by atoms with Gasteiger partial charge in [0.2, 0.25) is 0 Å². The molecule has 2 unspecified atom stereocenters. The van der Waals surface area contributed by atoms with Crippen LogP contribution in [0.5, 0.6) is 0 Å². The predicted molar refractivity (Wildman–Crippen MR) is 330 cm³/mol. The fourth-order valence-corrected chi connectivity index (χ4v) is 14.7. The number of rotatable bonds is 9. The van der Waals surface area contributed by atoms with E-state index in [9.17, 15) is 0 Å². The summed E-state index contributed by atoms with van der Waals surface area (Å²) in [7, 11) is 0. The zero-order valence-corrected chi connectivity index (χ0v) is 45.6. The van der Waals surface area contributed by atoms with Gasteiger partial charge in [-0.25, -0.2) is 0 Å². The number of hydrogen-bond donors (Lipinski definition) is 0. The second-order valence-electron chi connectivity index (χ2n) is 24.0. The maximum absolute atomic E-state index is 2.82. The molecule has 0 N–H and O–H groups in total. The maximum atomic E-state index is 2.82. The first-order chi connectivity index (χ1) is 38.1. The van der Waals surface area contributed by atoms with E-state index in [0.717, 1.165) is 24.9 Å². The fourth-order valence-electron chi connectivity index (χ4n) is 14.7. The second-order valence-corrected chi connectivity index (χ2v) is 24.0. The van der Waals surface area contributed by atoms with Crippen LogP contribution in [0.15, 0.2) is 249 Å². The van der Waals surface area contributed by atoms with E-state index in [-0.39, 0.29) is 23.1 Å². The minimum absolute atomic E-state index is 0.0183. The molecule has 0 spiro atoms. The van der Waals surface area contributed by atoms with Crippen LogP contribution in [0, 0.1) is 0 Å². The highest BCUT2D eigenvalue weighted by Gasteiger charge is 2.58. The van der Waals surface area contributed by atoms with E-state index in [4.69, 9.17) is 0 Å². The average molecular weight is 1010 g/mol. The summed E-state index contributed by atoms with van der Waals surface area (Å²) >= 11 is 0. The van der Waals surface area contributed by atoms with Gasteiger partial charge in [0.05, 0.1) is 11.2 Å². The topological polar surface area (TPSA) is 9.72 Å². The zero-order valence-electron chi connectivity index (χ0n) is 45.6. The summed E-state index contributed by atoms with van der Waals surface area (Å²) in [5.41, 5.74) is 23.5. The third kappa shape index (κ3) is 7.32. The summed E-state index contributed by atoms with van der Waals surface area (Å²) in [6.07, 6.45) is 5.44. The van der Waals surface area contributed by atoms with Crippen molar-refractivity contribution in [3.8, 4) is 11.1 Å². The van der Waals surface area contributed by atoms with Gasteiger partial charge in [0.1, 0.15) is 0 Å². The summed E-state index contributed by atoms with van der Waals surface area (Å²) in [4.78, 5) is 8.03. The Morgan fingerprint density at radius 3 is 1.51 bits per heavy atom. The number of anilines is 8. The zero-order chi connectivity index (χ0) is 52.8. The van der Waals surface area contributed by atoms with Gasteiger partial charge < -0.3 is 14.7 Å². The number of nitrogens with zero attached hydrogens (tertiary/aromatic N) is 3. The van der Waals surface area contributed by atoms with Gasteiger partial charge in [-0.1, -0.05) is 235 Å². The first-order valence-corrected chi connectivity index (χ1v) is 28.4. The minimum Gasteiger partial charge on any atom is -0.334 e. The van der Waals surface area contributed by atoms with Gasteiger partial charge in [-0.2, -0.15) is 0 Å². The number of benzene rings is 10. The van der Waals surface area contributed by atoms with E-state index in [1.54, 1.807) is 0 Å². The van der Waals surface area contributed by atoms with Crippen molar-refractivity contribution in [2.75, 3.05) is 14.7 Å². The smallest absolute Gasteiger partial charge is 0.252 e. The Morgan fingerprint density at radius 1 is 0.423 bits per heavy atom. The van der Waals surface area contributed by atoms with E-state index in [1.165, 1.54) is 114 Å². The third-order valence-electron chi connectivity index (χ3n) is 18.8. The Kier molecular flexibility index (Phi) is 11.3. The van der Waals surface area contributed by atoms with Crippen LogP contribution in [0.1, 0.15) is 93.7 Å². The standard InChI is InChI=1S/C74H66BN3/c1-71(2,3)57-42-44-64(60(48-57)53-27-11-6-12-28-53)77-67-40-24-22-38-63(67)75-62-37-21-23-39-66(62)76(58-35-19-10-20-36-58)68-49-59(50-69(77)70(68)75)78-65-43-41-52(47-61(65)72(4)45-25-26-46-73(72,78)5)51-74(54-29-13-7-14-30-54,55-31-15-8-16-32-55)56-33-17-9-18-34-56/h6-24,27-44,47-50H,25-26,45-46,51H2,1-5H3. The Bertz CT molecular complexity index is 3770. The van der Waals surface area contributed by atoms with Gasteiger partial charge in [0.25, 0.3) is 6.71 Å². The largest absolute Gasteiger partial charge is 0.334 e. The first-order valence-electron chi connectivity index (χ1n) is 28.4. The van der Waals surface area contributed by atoms with Crippen molar-refractivity contribution in [3.05, 3.63) is 282 Å². The van der Waals surface area contributed by atoms with Crippen molar-refractivity contribution < 1.29 is 0 Å². The summed E-state index contributed by atoms with van der Waals surface area (Å²) in [5.74, 6) is 0. The van der Waals surface area contributed by atoms with Crippen LogP contribution in [-0.2, 0) is 22.7 Å². The molecule has 10 aromatic rings. The van der Waals surface area contributed by atoms with Crippen molar-refractivity contribution >= 4 is 68.6 Å². The minimum atomic E-state index is -0.411. The van der Waals surface area contributed by atoms with E-state index in [2.05, 4.69) is 298 Å². The third-order valence-corrected chi connectivity index (χ3v) is 18.8. The lowest BCUT2D eigenvalue weighted by molar-refractivity contribution is 0.195. The number of fused-ring (bicyclic) bond motifs is 7. The molecule has 3 heterocycles. The van der Waals surface area contributed by atoms with Gasteiger partial charge in [-0.05, 0) is 142 Å². The summed E-state index contributed by atoms with van der Waals surface area (Å²) in [5, 5.41) is 0. The second kappa shape index (κ2) is 18.4. The first kappa shape index (κ1) is 48.1. The molecule has 0 amide bonds. The molecule has 3 nitrogen and oxygen atoms in total. The highest BCUT2D eigenvalue weighted by atomic mass is 15.3. The average Bonchev–Trinajstić information content (AvgIpc) is 3.50. The Labute approximate surface area is 462 Å². The molecule has 14 rings (SSSR count). The Balaban J connectivity index is 1.03. The van der Waals surface area contributed by atoms with E-state index >= 15 is 0 Å². The van der Waals surface area contributed by atoms with Crippen LogP contribution >= 0.6 is 0 Å². The van der Waals surface area contributed by atoms with Crippen molar-refractivity contribution in [2.24, 2.45) is 0 Å². The summed E-state index contributed by atoms with van der Waals surface area (Å²) < 4.78 is 0. The van der Waals surface area contributed by atoms with Crippen molar-refractivity contribution in [1.82, 2.24) is 0 Å². The van der Waals surface area contributed by atoms with Crippen LogP contribution in [-0.4, -0.2) is 12.3 Å². The molecule has 0 aromatic heterocycles. The molecular formula is C74H66BN3. The monoisotopic (exact) mass is 1010 g/mol. The van der Waals surface area contributed by atoms with Gasteiger partial charge in [0.15, 0.2) is 0 Å². The fraction of sp³-hybridized carbons (Fsp3) is 0.189. The molecule has 380 valence electrons. The molecule has 4 heteroatoms. The van der Waals surface area contributed by atoms with Crippen molar-refractivity contribution in [3.63, 3.8) is 0 Å². The Morgan fingerprint density at radius 2 is 0.923 bits per heavy atom. The summed E-state index contributed by atoms with van der Waals surface area (Å²) in [6.45, 7) is 12.2. The van der Waals surface area contributed by atoms with Crippen LogP contribution in [0.3, 0.4) is 0 Å². The normalized spacial score (nSPS) is 18.2. The van der Waals surface area contributed by atoms with Crippen LogP contribution in [0.25, 0.3) is 11.1 Å². The quantitative estimate of drug-likeness (QED) is 0.105. The van der Waals surface area contributed by atoms with Crippen LogP contribution < -0.4 is 31.1 Å². The molecule has 78 heavy (non-hydrogen) atoms. The van der Waals surface area contributed by atoms with Crippen LogP contribution in [0.2, 0.25) is 0 Å². The highest BCUT2D eigenvalue weighted by Crippen LogP contribution is 2.62. The van der Waals surface area contributed by atoms with Crippen LogP contribution in [0.4, 0.5) is 45.5 Å². The number of para-hydroxylation sites is 3. The molecule has 10 aromatic carbocycles. The molecule has 1 aliphatic carbocycles. The molecule has 1 fully saturated rings. The molecule has 0 saturated heterocycles. The molecule has 4 aliphatic rings. The predicted octanol–water partition coefficient (Wildman–Crippen LogP) is 17.1. The summed E-state index contributed by atoms with van der Waals surface area (Å²) in [6, 6.07) is 94.3. The molecule has 1 saturated carbocycles. The van der Waals surface area contributed by atoms with Gasteiger partial charge >= 0.3 is 0 Å². The SMILES string of the molecule is CC(C)(C)c1ccc(N2c3ccccc3B3c4ccccc4N(c4ccccc4)c4cc(N5c6ccc(CC(c7ccccc7)(c7ccccc7)c7ccccc7)cc6C6(C)CCCCC56C)cc2c43)c(-c2ccccc2)c1. The van der Waals surface area contributed by atoms with Gasteiger partial charge in [0, 0.05) is 56.2 Å². The highest BCUT2D eigenvalue weighted by molar-refractivity contribution is 7.00. The van der Waals surface area contributed by atoms with Crippen molar-refractivity contribution in [2.45, 2.75) is 88.5 Å². The Hall–Kier alpha value is -8.34. The molecule has 0 bridgehead atoms. The van der Waals surface area contributed by atoms with E-state index in [0.29, 0.717) is 0 Å². The lowest BCUT2D eigenvalue weighted by Gasteiger charge is -2.51. The van der Waals surface area contributed by atoms with E-state index < -0.39 is 5.41 Å². The number of hydrogen-bond acceptors (Lipinski definition) is 3. The molecule has 3 aliphatic heterocycles. The molecule has 0 radical (unpaired) electrons. The van der Waals surface area contributed by atoms with Gasteiger partial charge in [-0.3, -0.25) is 0 Å². The van der Waals surface area contributed by atoms with E-state index in [1.807, 2.05) is 0 Å².